The van der Waals surface area contributed by atoms with Gasteiger partial charge in [0, 0.05) is 5.41 Å². The van der Waals surface area contributed by atoms with Gasteiger partial charge < -0.3 is 4.74 Å². The van der Waals surface area contributed by atoms with Gasteiger partial charge in [0.25, 0.3) is 0 Å². The normalized spacial score (nSPS) is 20.7. The van der Waals surface area contributed by atoms with E-state index < -0.39 is 0 Å². The quantitative estimate of drug-likeness (QED) is 0.587. The summed E-state index contributed by atoms with van der Waals surface area (Å²) in [7, 11) is 0. The Hall–Kier alpha value is -0.470. The predicted octanol–water partition coefficient (Wildman–Crippen LogP) is 5.03. The van der Waals surface area contributed by atoms with Crippen molar-refractivity contribution in [1.29, 1.82) is 0 Å². The fourth-order valence-corrected chi connectivity index (χ4v) is 3.36. The minimum absolute atomic E-state index is 0.182. The molecule has 2 heteroatoms. The second-order valence-electron chi connectivity index (χ2n) is 5.94. The standard InChI is InChI=1S/C17H26OS/c1-15(16-9-5-4-6-10-16)18-13-17(14-19)11-7-2-3-8-12-17/h4-6,9-10,15,19H,2-3,7-8,11-14H2,1H3. The van der Waals surface area contributed by atoms with Crippen molar-refractivity contribution in [1.82, 2.24) is 0 Å². The predicted molar refractivity (Wildman–Crippen MR) is 84.8 cm³/mol. The van der Waals surface area contributed by atoms with Crippen LogP contribution in [-0.2, 0) is 4.74 Å². The number of thiol groups is 1. The van der Waals surface area contributed by atoms with Crippen molar-refractivity contribution in [3.63, 3.8) is 0 Å². The Morgan fingerprint density at radius 3 is 2.32 bits per heavy atom. The van der Waals surface area contributed by atoms with Gasteiger partial charge in [0.05, 0.1) is 12.7 Å². The van der Waals surface area contributed by atoms with Crippen molar-refractivity contribution in [2.24, 2.45) is 5.41 Å². The van der Waals surface area contributed by atoms with Crippen molar-refractivity contribution in [2.75, 3.05) is 12.4 Å². The lowest BCUT2D eigenvalue weighted by molar-refractivity contribution is 0.000293. The molecule has 1 aliphatic carbocycles. The largest absolute Gasteiger partial charge is 0.373 e. The third kappa shape index (κ3) is 4.25. The second kappa shape index (κ2) is 7.35. The first-order chi connectivity index (χ1) is 9.26. The van der Waals surface area contributed by atoms with Crippen LogP contribution in [0.25, 0.3) is 0 Å². The molecule has 1 aromatic carbocycles. The number of rotatable bonds is 5. The van der Waals surface area contributed by atoms with E-state index in [0.717, 1.165) is 12.4 Å². The summed E-state index contributed by atoms with van der Waals surface area (Å²) in [5.74, 6) is 0.953. The zero-order chi connectivity index (χ0) is 13.6. The monoisotopic (exact) mass is 278 g/mol. The van der Waals surface area contributed by atoms with Crippen molar-refractivity contribution < 1.29 is 4.74 Å². The Kier molecular flexibility index (Phi) is 5.77. The molecule has 1 nitrogen and oxygen atoms in total. The number of benzene rings is 1. The fourth-order valence-electron chi connectivity index (χ4n) is 2.95. The molecule has 106 valence electrons. The first kappa shape index (κ1) is 14.9. The lowest BCUT2D eigenvalue weighted by Gasteiger charge is -2.32. The summed E-state index contributed by atoms with van der Waals surface area (Å²) in [5.41, 5.74) is 1.58. The Labute approximate surface area is 123 Å². The summed E-state index contributed by atoms with van der Waals surface area (Å²) in [5, 5.41) is 0. The van der Waals surface area contributed by atoms with Gasteiger partial charge in [-0.05, 0) is 31.1 Å². The highest BCUT2D eigenvalue weighted by Crippen LogP contribution is 2.37. The van der Waals surface area contributed by atoms with Gasteiger partial charge in [-0.3, -0.25) is 0 Å². The first-order valence-corrected chi connectivity index (χ1v) is 8.16. The molecule has 0 N–H and O–H groups in total. The maximum absolute atomic E-state index is 6.17. The minimum Gasteiger partial charge on any atom is -0.373 e. The van der Waals surface area contributed by atoms with Gasteiger partial charge in [0.2, 0.25) is 0 Å². The van der Waals surface area contributed by atoms with Crippen LogP contribution < -0.4 is 0 Å². The third-order valence-corrected chi connectivity index (χ3v) is 5.08. The average molecular weight is 278 g/mol. The maximum Gasteiger partial charge on any atom is 0.0797 e. The van der Waals surface area contributed by atoms with Crippen LogP contribution in [0, 0.1) is 5.41 Å². The fraction of sp³-hybridized carbons (Fsp3) is 0.647. The Balaban J connectivity index is 1.92. The van der Waals surface area contributed by atoms with Crippen LogP contribution in [0.5, 0.6) is 0 Å². The molecule has 0 radical (unpaired) electrons. The molecule has 1 aliphatic rings. The highest BCUT2D eigenvalue weighted by molar-refractivity contribution is 7.80. The molecule has 19 heavy (non-hydrogen) atoms. The van der Waals surface area contributed by atoms with Crippen LogP contribution in [0.2, 0.25) is 0 Å². The molecule has 1 aromatic rings. The molecule has 1 fully saturated rings. The molecular weight excluding hydrogens is 252 g/mol. The smallest absolute Gasteiger partial charge is 0.0797 e. The van der Waals surface area contributed by atoms with Crippen molar-refractivity contribution in [3.8, 4) is 0 Å². The molecular formula is C17H26OS. The van der Waals surface area contributed by atoms with E-state index in [-0.39, 0.29) is 6.10 Å². The van der Waals surface area contributed by atoms with Crippen molar-refractivity contribution in [3.05, 3.63) is 35.9 Å². The van der Waals surface area contributed by atoms with Crippen LogP contribution in [-0.4, -0.2) is 12.4 Å². The molecule has 0 heterocycles. The summed E-state index contributed by atoms with van der Waals surface area (Å²) in [6.45, 7) is 3.00. The highest BCUT2D eigenvalue weighted by Gasteiger charge is 2.30. The number of hydrogen-bond acceptors (Lipinski definition) is 2. The summed E-state index contributed by atoms with van der Waals surface area (Å²) in [6.07, 6.45) is 8.16. The van der Waals surface area contributed by atoms with E-state index in [2.05, 4.69) is 49.9 Å². The zero-order valence-electron chi connectivity index (χ0n) is 12.0. The van der Waals surface area contributed by atoms with Gasteiger partial charge in [0.1, 0.15) is 0 Å². The van der Waals surface area contributed by atoms with Gasteiger partial charge in [-0.1, -0.05) is 56.0 Å². The van der Waals surface area contributed by atoms with E-state index in [1.165, 1.54) is 44.1 Å². The highest BCUT2D eigenvalue weighted by atomic mass is 32.1. The first-order valence-electron chi connectivity index (χ1n) is 7.53. The van der Waals surface area contributed by atoms with Crippen molar-refractivity contribution in [2.45, 2.75) is 51.6 Å². The minimum atomic E-state index is 0.182. The molecule has 2 rings (SSSR count). The molecule has 0 saturated heterocycles. The van der Waals surface area contributed by atoms with Crippen LogP contribution in [0.3, 0.4) is 0 Å². The van der Waals surface area contributed by atoms with Crippen molar-refractivity contribution >= 4 is 12.6 Å². The number of hydrogen-bond donors (Lipinski definition) is 1. The van der Waals surface area contributed by atoms with Crippen LogP contribution in [0.15, 0.2) is 30.3 Å². The lowest BCUT2D eigenvalue weighted by atomic mass is 9.83. The molecule has 0 aromatic heterocycles. The van der Waals surface area contributed by atoms with Gasteiger partial charge in [-0.2, -0.15) is 12.6 Å². The lowest BCUT2D eigenvalue weighted by Crippen LogP contribution is -2.29. The SMILES string of the molecule is CC(OCC1(CS)CCCCCC1)c1ccccc1. The Bertz CT molecular complexity index is 355. The van der Waals surface area contributed by atoms with E-state index in [9.17, 15) is 0 Å². The molecule has 1 unspecified atom stereocenters. The summed E-state index contributed by atoms with van der Waals surface area (Å²) in [6, 6.07) is 10.5. The zero-order valence-corrected chi connectivity index (χ0v) is 12.9. The summed E-state index contributed by atoms with van der Waals surface area (Å²) >= 11 is 4.61. The van der Waals surface area contributed by atoms with E-state index in [4.69, 9.17) is 4.74 Å². The molecule has 0 aliphatic heterocycles. The summed E-state index contributed by atoms with van der Waals surface area (Å²) < 4.78 is 6.17. The van der Waals surface area contributed by atoms with Crippen LogP contribution >= 0.6 is 12.6 Å². The van der Waals surface area contributed by atoms with Gasteiger partial charge in [-0.25, -0.2) is 0 Å². The molecule has 1 saturated carbocycles. The van der Waals surface area contributed by atoms with E-state index in [1.807, 2.05) is 0 Å². The van der Waals surface area contributed by atoms with E-state index in [0.29, 0.717) is 5.41 Å². The van der Waals surface area contributed by atoms with E-state index in [1.54, 1.807) is 0 Å². The topological polar surface area (TPSA) is 9.23 Å². The van der Waals surface area contributed by atoms with Crippen LogP contribution in [0.4, 0.5) is 0 Å². The van der Waals surface area contributed by atoms with E-state index >= 15 is 0 Å². The van der Waals surface area contributed by atoms with Gasteiger partial charge in [-0.15, -0.1) is 0 Å². The van der Waals surface area contributed by atoms with Crippen LogP contribution in [0.1, 0.15) is 57.1 Å². The molecule has 0 amide bonds. The molecule has 1 atom stereocenters. The maximum atomic E-state index is 6.17. The average Bonchev–Trinajstić information content (AvgIpc) is 2.72. The Morgan fingerprint density at radius 1 is 1.11 bits per heavy atom. The summed E-state index contributed by atoms with van der Waals surface area (Å²) in [4.78, 5) is 0. The molecule has 0 spiro atoms. The van der Waals surface area contributed by atoms with Gasteiger partial charge >= 0.3 is 0 Å². The number of ether oxygens (including phenoxy) is 1. The third-order valence-electron chi connectivity index (χ3n) is 4.41. The van der Waals surface area contributed by atoms with Gasteiger partial charge in [0.15, 0.2) is 0 Å². The Morgan fingerprint density at radius 2 is 1.74 bits per heavy atom. The molecule has 0 bridgehead atoms. The second-order valence-corrected chi connectivity index (χ2v) is 6.25.